The zero-order valence-corrected chi connectivity index (χ0v) is 15.6. The molecule has 0 saturated heterocycles. The van der Waals surface area contributed by atoms with Crippen LogP contribution < -0.4 is 5.32 Å². The third-order valence-electron chi connectivity index (χ3n) is 4.18. The Morgan fingerprint density at radius 2 is 1.68 bits per heavy atom. The van der Waals surface area contributed by atoms with Crippen LogP contribution in [-0.2, 0) is 0 Å². The Bertz CT molecular complexity index is 1080. The lowest BCUT2D eigenvalue weighted by molar-refractivity contribution is -0.385. The number of nitrogens with zero attached hydrogens (tertiary/aromatic N) is 1. The molecule has 0 aromatic heterocycles. The summed E-state index contributed by atoms with van der Waals surface area (Å²) in [5, 5.41) is 14.3. The molecule has 3 rings (SSSR count). The number of carbonyl (C=O) groups is 2. The number of para-hydroxylation sites is 1. The highest BCUT2D eigenvalue weighted by Crippen LogP contribution is 2.27. The Kier molecular flexibility index (Phi) is 5.52. The Morgan fingerprint density at radius 3 is 2.36 bits per heavy atom. The fourth-order valence-electron chi connectivity index (χ4n) is 2.83. The highest BCUT2D eigenvalue weighted by atomic mass is 35.5. The van der Waals surface area contributed by atoms with Crippen molar-refractivity contribution in [1.29, 1.82) is 0 Å². The van der Waals surface area contributed by atoms with E-state index in [2.05, 4.69) is 5.32 Å². The van der Waals surface area contributed by atoms with Crippen LogP contribution in [0.15, 0.2) is 66.7 Å². The van der Waals surface area contributed by atoms with Gasteiger partial charge in [0, 0.05) is 21.7 Å². The minimum absolute atomic E-state index is 0.0851. The minimum atomic E-state index is -0.681. The first kappa shape index (κ1) is 19.3. The lowest BCUT2D eigenvalue weighted by atomic mass is 10.0. The summed E-state index contributed by atoms with van der Waals surface area (Å²) in [6.45, 7) is 1.56. The molecule has 0 bridgehead atoms. The molecule has 3 aromatic carbocycles. The number of rotatable bonds is 5. The molecular weight excluding hydrogens is 380 g/mol. The van der Waals surface area contributed by atoms with Crippen molar-refractivity contribution in [1.82, 2.24) is 0 Å². The fourth-order valence-corrected chi connectivity index (χ4v) is 3.00. The predicted molar refractivity (Wildman–Crippen MR) is 107 cm³/mol. The summed E-state index contributed by atoms with van der Waals surface area (Å²) in [4.78, 5) is 36.3. The van der Waals surface area contributed by atoms with Crippen LogP contribution >= 0.6 is 11.6 Å². The zero-order chi connectivity index (χ0) is 20.3. The normalized spacial score (nSPS) is 10.4. The standard InChI is InChI=1S/C21H15ClN2O4/c1-13-6-5-9-16(19(13)24(27)28)21(26)23-18-11-10-15(22)12-17(18)20(25)14-7-3-2-4-8-14/h2-12H,1H3,(H,23,26). The van der Waals surface area contributed by atoms with E-state index in [0.29, 0.717) is 16.1 Å². The van der Waals surface area contributed by atoms with E-state index >= 15 is 0 Å². The van der Waals surface area contributed by atoms with Gasteiger partial charge in [0.1, 0.15) is 5.56 Å². The monoisotopic (exact) mass is 394 g/mol. The molecule has 0 heterocycles. The van der Waals surface area contributed by atoms with Crippen molar-refractivity contribution < 1.29 is 14.5 Å². The van der Waals surface area contributed by atoms with Crippen molar-refractivity contribution in [3.63, 3.8) is 0 Å². The molecule has 0 saturated carbocycles. The summed E-state index contributed by atoms with van der Waals surface area (Å²) in [5.41, 5.74) is 0.862. The molecule has 0 fully saturated rings. The molecule has 6 nitrogen and oxygen atoms in total. The number of nitro benzene ring substituents is 1. The van der Waals surface area contributed by atoms with Crippen molar-refractivity contribution in [2.45, 2.75) is 6.92 Å². The van der Waals surface area contributed by atoms with Crippen molar-refractivity contribution in [2.75, 3.05) is 5.32 Å². The van der Waals surface area contributed by atoms with Crippen molar-refractivity contribution in [3.8, 4) is 0 Å². The molecule has 1 amide bonds. The van der Waals surface area contributed by atoms with Gasteiger partial charge in [-0.15, -0.1) is 0 Å². The molecule has 3 aromatic rings. The van der Waals surface area contributed by atoms with Crippen LogP contribution in [0.3, 0.4) is 0 Å². The highest BCUT2D eigenvalue weighted by molar-refractivity contribution is 6.31. The average molecular weight is 395 g/mol. The van der Waals surface area contributed by atoms with Crippen LogP contribution in [-0.4, -0.2) is 16.6 Å². The number of halogens is 1. The van der Waals surface area contributed by atoms with Gasteiger partial charge >= 0.3 is 0 Å². The molecular formula is C21H15ClN2O4. The number of carbonyl (C=O) groups excluding carboxylic acids is 2. The van der Waals surface area contributed by atoms with Crippen LogP contribution in [0, 0.1) is 17.0 Å². The number of aryl methyl sites for hydroxylation is 1. The van der Waals surface area contributed by atoms with E-state index in [1.807, 2.05) is 0 Å². The maximum absolute atomic E-state index is 12.8. The lowest BCUT2D eigenvalue weighted by Gasteiger charge is -2.12. The van der Waals surface area contributed by atoms with Gasteiger partial charge in [-0.3, -0.25) is 19.7 Å². The molecule has 0 aliphatic rings. The molecule has 7 heteroatoms. The van der Waals surface area contributed by atoms with Gasteiger partial charge in [-0.25, -0.2) is 0 Å². The lowest BCUT2D eigenvalue weighted by Crippen LogP contribution is -2.17. The van der Waals surface area contributed by atoms with Gasteiger partial charge in [-0.2, -0.15) is 0 Å². The molecule has 0 aliphatic carbocycles. The van der Waals surface area contributed by atoms with Gasteiger partial charge in [0.25, 0.3) is 11.6 Å². The average Bonchev–Trinajstić information content (AvgIpc) is 2.68. The van der Waals surface area contributed by atoms with Crippen LogP contribution in [0.25, 0.3) is 0 Å². The molecule has 0 unspecified atom stereocenters. The van der Waals surface area contributed by atoms with E-state index in [9.17, 15) is 19.7 Å². The van der Waals surface area contributed by atoms with E-state index in [1.165, 1.54) is 24.3 Å². The second-order valence-corrected chi connectivity index (χ2v) is 6.50. The van der Waals surface area contributed by atoms with Crippen molar-refractivity contribution in [2.24, 2.45) is 0 Å². The zero-order valence-electron chi connectivity index (χ0n) is 14.8. The van der Waals surface area contributed by atoms with Crippen LogP contribution in [0.2, 0.25) is 5.02 Å². The third-order valence-corrected chi connectivity index (χ3v) is 4.41. The van der Waals surface area contributed by atoms with Crippen LogP contribution in [0.4, 0.5) is 11.4 Å². The topological polar surface area (TPSA) is 89.3 Å². The number of nitrogens with one attached hydrogen (secondary N) is 1. The Morgan fingerprint density at radius 1 is 0.964 bits per heavy atom. The number of nitro groups is 1. The van der Waals surface area contributed by atoms with E-state index in [0.717, 1.165) is 0 Å². The summed E-state index contributed by atoms with van der Waals surface area (Å²) in [6, 6.07) is 17.5. The largest absolute Gasteiger partial charge is 0.321 e. The molecule has 1 N–H and O–H groups in total. The first-order chi connectivity index (χ1) is 13.4. The third kappa shape index (κ3) is 3.92. The number of hydrogen-bond acceptors (Lipinski definition) is 4. The Hall–Kier alpha value is -3.51. The first-order valence-electron chi connectivity index (χ1n) is 8.33. The molecule has 0 atom stereocenters. The van der Waals surface area contributed by atoms with Gasteiger partial charge in [-0.05, 0) is 31.2 Å². The van der Waals surface area contributed by atoms with Gasteiger partial charge in [0.15, 0.2) is 5.78 Å². The van der Waals surface area contributed by atoms with Crippen LogP contribution in [0.1, 0.15) is 31.8 Å². The second kappa shape index (κ2) is 8.02. The van der Waals surface area contributed by atoms with E-state index in [-0.39, 0.29) is 28.3 Å². The van der Waals surface area contributed by atoms with E-state index in [1.54, 1.807) is 49.4 Å². The van der Waals surface area contributed by atoms with Gasteiger partial charge in [0.05, 0.1) is 10.6 Å². The predicted octanol–water partition coefficient (Wildman–Crippen LogP) is 5.04. The number of ketones is 1. The van der Waals surface area contributed by atoms with Gasteiger partial charge in [-0.1, -0.05) is 54.1 Å². The van der Waals surface area contributed by atoms with E-state index in [4.69, 9.17) is 11.6 Å². The molecule has 0 radical (unpaired) electrons. The minimum Gasteiger partial charge on any atom is -0.321 e. The van der Waals surface area contributed by atoms with Gasteiger partial charge in [0.2, 0.25) is 0 Å². The summed E-state index contributed by atoms with van der Waals surface area (Å²) in [7, 11) is 0. The first-order valence-corrected chi connectivity index (χ1v) is 8.71. The summed E-state index contributed by atoms with van der Waals surface area (Å²) in [5.74, 6) is -1.00. The maximum Gasteiger partial charge on any atom is 0.285 e. The van der Waals surface area contributed by atoms with Crippen LogP contribution in [0.5, 0.6) is 0 Å². The number of hydrogen-bond donors (Lipinski definition) is 1. The number of benzene rings is 3. The molecule has 0 spiro atoms. The van der Waals surface area contributed by atoms with Gasteiger partial charge < -0.3 is 5.32 Å². The summed E-state index contributed by atoms with van der Waals surface area (Å²) < 4.78 is 0. The number of amides is 1. The summed E-state index contributed by atoms with van der Waals surface area (Å²) in [6.07, 6.45) is 0. The molecule has 140 valence electrons. The van der Waals surface area contributed by atoms with Crippen molar-refractivity contribution >= 4 is 34.7 Å². The Labute approximate surface area is 165 Å². The smallest absolute Gasteiger partial charge is 0.285 e. The van der Waals surface area contributed by atoms with E-state index < -0.39 is 10.8 Å². The quantitative estimate of drug-likeness (QED) is 0.373. The summed E-state index contributed by atoms with van der Waals surface area (Å²) >= 11 is 6.04. The maximum atomic E-state index is 12.8. The van der Waals surface area contributed by atoms with Crippen molar-refractivity contribution in [3.05, 3.63) is 104 Å². The highest BCUT2D eigenvalue weighted by Gasteiger charge is 2.24. The second-order valence-electron chi connectivity index (χ2n) is 6.07. The Balaban J connectivity index is 2.00. The SMILES string of the molecule is Cc1cccc(C(=O)Nc2ccc(Cl)cc2C(=O)c2ccccc2)c1[N+](=O)[O-]. The fraction of sp³-hybridized carbons (Fsp3) is 0.0476. The number of anilines is 1. The molecule has 28 heavy (non-hydrogen) atoms. The molecule has 0 aliphatic heterocycles.